The van der Waals surface area contributed by atoms with Crippen molar-refractivity contribution in [3.05, 3.63) is 21.9 Å². The van der Waals surface area contributed by atoms with E-state index in [1.54, 1.807) is 32.9 Å². The molecule has 26 heavy (non-hydrogen) atoms. The second kappa shape index (κ2) is 8.82. The van der Waals surface area contributed by atoms with Crippen LogP contribution in [0, 0.1) is 16.7 Å². The molecule has 1 aromatic rings. The zero-order valence-corrected chi connectivity index (χ0v) is 16.5. The normalized spacial score (nSPS) is 13.2. The van der Waals surface area contributed by atoms with Crippen molar-refractivity contribution < 1.29 is 24.5 Å². The number of hydrogen-bond acceptors (Lipinski definition) is 8. The third-order valence-electron chi connectivity index (χ3n) is 3.35. The van der Waals surface area contributed by atoms with Gasteiger partial charge in [-0.2, -0.15) is 5.26 Å². The van der Waals surface area contributed by atoms with Gasteiger partial charge in [0.2, 0.25) is 0 Å². The van der Waals surface area contributed by atoms with E-state index >= 15 is 0 Å². The number of aliphatic hydroxyl groups excluding tert-OH is 2. The van der Waals surface area contributed by atoms with Crippen molar-refractivity contribution in [1.29, 1.82) is 5.26 Å². The molecule has 8 heteroatoms. The van der Waals surface area contributed by atoms with E-state index in [2.05, 4.69) is 0 Å². The molecule has 140 valence electrons. The van der Waals surface area contributed by atoms with Crippen molar-refractivity contribution in [1.82, 2.24) is 0 Å². The molecule has 0 fully saturated rings. The number of nitrogens with zero attached hydrogens (tertiary/aromatic N) is 1. The molecule has 0 atom stereocenters. The Morgan fingerprint density at radius 1 is 1.08 bits per heavy atom. The van der Waals surface area contributed by atoms with E-state index in [1.165, 1.54) is 23.5 Å². The molecule has 2 N–H and O–H groups in total. The second-order valence-electron chi connectivity index (χ2n) is 6.42. The lowest BCUT2D eigenvalue weighted by Gasteiger charge is -2.16. The fraction of sp³-hybridized carbons (Fsp3) is 0.444. The molecule has 0 amide bonds. The van der Waals surface area contributed by atoms with Crippen LogP contribution in [-0.4, -0.2) is 42.4 Å². The Labute approximate surface area is 161 Å². The average molecular weight is 396 g/mol. The summed E-state index contributed by atoms with van der Waals surface area (Å²) in [6, 6.07) is 5.47. The van der Waals surface area contributed by atoms with Crippen molar-refractivity contribution in [3.8, 4) is 17.6 Å². The van der Waals surface area contributed by atoms with E-state index in [0.717, 1.165) is 9.79 Å². The van der Waals surface area contributed by atoms with Crippen molar-refractivity contribution in [2.75, 3.05) is 26.4 Å². The van der Waals surface area contributed by atoms with E-state index < -0.39 is 5.41 Å². The summed E-state index contributed by atoms with van der Waals surface area (Å²) >= 11 is 2.58. The molecule has 0 radical (unpaired) electrons. The van der Waals surface area contributed by atoms with Gasteiger partial charge in [0.1, 0.15) is 36.4 Å². The predicted molar refractivity (Wildman–Crippen MR) is 100 cm³/mol. The summed E-state index contributed by atoms with van der Waals surface area (Å²) in [6.45, 7) is 5.36. The second-order valence-corrected chi connectivity index (χ2v) is 8.72. The van der Waals surface area contributed by atoms with Crippen molar-refractivity contribution in [2.45, 2.75) is 30.6 Å². The summed E-state index contributed by atoms with van der Waals surface area (Å²) in [4.78, 5) is 14.1. The first-order valence-corrected chi connectivity index (χ1v) is 9.66. The Kier molecular flexibility index (Phi) is 7.01. The smallest absolute Gasteiger partial charge is 0.180 e. The molecule has 1 aliphatic rings. The van der Waals surface area contributed by atoms with E-state index in [4.69, 9.17) is 19.7 Å². The Balaban J connectivity index is 2.47. The zero-order valence-electron chi connectivity index (χ0n) is 14.9. The van der Waals surface area contributed by atoms with Crippen LogP contribution in [0.4, 0.5) is 0 Å². The number of carbonyl (C=O) groups excluding carboxylic acids is 1. The zero-order chi connectivity index (χ0) is 19.3. The summed E-state index contributed by atoms with van der Waals surface area (Å²) in [6.07, 6.45) is 0. The molecular formula is C18H21NO5S2. The maximum absolute atomic E-state index is 12.6. The highest BCUT2D eigenvalue weighted by Crippen LogP contribution is 2.59. The summed E-state index contributed by atoms with van der Waals surface area (Å²) in [5.41, 5.74) is -0.551. The first-order chi connectivity index (χ1) is 12.3. The van der Waals surface area contributed by atoms with Gasteiger partial charge < -0.3 is 19.7 Å². The van der Waals surface area contributed by atoms with Gasteiger partial charge in [0, 0.05) is 5.41 Å². The largest absolute Gasteiger partial charge is 0.490 e. The van der Waals surface area contributed by atoms with Gasteiger partial charge in [-0.05, 0) is 12.1 Å². The highest BCUT2D eigenvalue weighted by atomic mass is 32.2. The third-order valence-corrected chi connectivity index (χ3v) is 5.98. The fourth-order valence-corrected chi connectivity index (χ4v) is 4.74. The molecule has 0 unspecified atom stereocenters. The summed E-state index contributed by atoms with van der Waals surface area (Å²) in [5.74, 6) is 0.884. The Morgan fingerprint density at radius 2 is 1.54 bits per heavy atom. The van der Waals surface area contributed by atoms with Crippen LogP contribution >= 0.6 is 23.5 Å². The van der Waals surface area contributed by atoms with Gasteiger partial charge in [0.05, 0.1) is 27.2 Å². The number of carbonyl (C=O) groups is 1. The summed E-state index contributed by atoms with van der Waals surface area (Å²) < 4.78 is 11.7. The first-order valence-electron chi connectivity index (χ1n) is 8.02. The average Bonchev–Trinajstić information content (AvgIpc) is 3.03. The molecule has 6 nitrogen and oxygen atoms in total. The standard InChI is InChI=1S/C18H21NO5S2/c1-18(2,3)16(22)11(10-19)17-25-14-12(23-8-6-20)4-5-13(15(14)26-17)24-9-7-21/h4-5,20-21H,6-9H2,1-3H3. The van der Waals surface area contributed by atoms with E-state index in [-0.39, 0.29) is 37.8 Å². The minimum absolute atomic E-state index is 0.116. The maximum Gasteiger partial charge on any atom is 0.180 e. The van der Waals surface area contributed by atoms with Crippen LogP contribution in [0.3, 0.4) is 0 Å². The van der Waals surface area contributed by atoms with Gasteiger partial charge in [-0.3, -0.25) is 4.79 Å². The lowest BCUT2D eigenvalue weighted by atomic mass is 9.87. The molecule has 1 aromatic carbocycles. The molecular weight excluding hydrogens is 374 g/mol. The Morgan fingerprint density at radius 3 is 1.88 bits per heavy atom. The van der Waals surface area contributed by atoms with Gasteiger partial charge in [0.15, 0.2) is 5.78 Å². The van der Waals surface area contributed by atoms with Gasteiger partial charge in [-0.25, -0.2) is 0 Å². The number of allylic oxidation sites excluding steroid dienone is 1. The number of hydrogen-bond donors (Lipinski definition) is 2. The first kappa shape index (κ1) is 20.6. The minimum atomic E-state index is -0.666. The van der Waals surface area contributed by atoms with Crippen LogP contribution in [-0.2, 0) is 4.79 Å². The van der Waals surface area contributed by atoms with Crippen LogP contribution in [0.1, 0.15) is 20.8 Å². The van der Waals surface area contributed by atoms with Gasteiger partial charge in [0.25, 0.3) is 0 Å². The summed E-state index contributed by atoms with van der Waals surface area (Å²) in [5, 5.41) is 27.5. The minimum Gasteiger partial charge on any atom is -0.490 e. The number of ether oxygens (including phenoxy) is 2. The molecule has 2 rings (SSSR count). The van der Waals surface area contributed by atoms with Crippen molar-refractivity contribution in [3.63, 3.8) is 0 Å². The Hall–Kier alpha value is -1.66. The lowest BCUT2D eigenvalue weighted by Crippen LogP contribution is -2.21. The number of thioether (sulfide) groups is 2. The van der Waals surface area contributed by atoms with Gasteiger partial charge >= 0.3 is 0 Å². The molecule has 0 bridgehead atoms. The molecule has 0 aromatic heterocycles. The van der Waals surface area contributed by atoms with E-state index in [1.807, 2.05) is 6.07 Å². The molecule has 0 saturated carbocycles. The van der Waals surface area contributed by atoms with Crippen molar-refractivity contribution >= 4 is 29.3 Å². The molecule has 0 aliphatic carbocycles. The van der Waals surface area contributed by atoms with Crippen LogP contribution < -0.4 is 9.47 Å². The third kappa shape index (κ3) is 4.54. The number of fused-ring (bicyclic) bond motifs is 1. The van der Waals surface area contributed by atoms with Gasteiger partial charge in [-0.15, -0.1) is 0 Å². The van der Waals surface area contributed by atoms with Crippen LogP contribution in [0.15, 0.2) is 31.7 Å². The molecule has 0 spiro atoms. The SMILES string of the molecule is CC(C)(C)C(=O)C(C#N)=C1Sc2c(OCCO)ccc(OCCO)c2S1. The molecule has 1 aliphatic heterocycles. The van der Waals surface area contributed by atoms with Crippen LogP contribution in [0.5, 0.6) is 11.5 Å². The Bertz CT molecular complexity index is 723. The quantitative estimate of drug-likeness (QED) is 0.537. The van der Waals surface area contributed by atoms with Crippen molar-refractivity contribution in [2.24, 2.45) is 5.41 Å². The highest BCUT2D eigenvalue weighted by Gasteiger charge is 2.33. The van der Waals surface area contributed by atoms with Crippen LogP contribution in [0.25, 0.3) is 0 Å². The lowest BCUT2D eigenvalue weighted by molar-refractivity contribution is -0.122. The maximum atomic E-state index is 12.6. The topological polar surface area (TPSA) is 99.8 Å². The predicted octanol–water partition coefficient (Wildman–Crippen LogP) is 2.98. The number of aliphatic hydroxyl groups is 2. The number of benzene rings is 1. The summed E-state index contributed by atoms with van der Waals surface area (Å²) in [7, 11) is 0. The monoisotopic (exact) mass is 395 g/mol. The number of ketones is 1. The van der Waals surface area contributed by atoms with Crippen LogP contribution in [0.2, 0.25) is 0 Å². The molecule has 0 saturated heterocycles. The van der Waals surface area contributed by atoms with E-state index in [9.17, 15) is 10.1 Å². The number of Topliss-reactive ketones (excluding diaryl/α,β-unsaturated/α-hetero) is 1. The number of rotatable bonds is 7. The van der Waals surface area contributed by atoms with Gasteiger partial charge in [-0.1, -0.05) is 44.3 Å². The number of nitriles is 1. The molecule has 1 heterocycles. The highest BCUT2D eigenvalue weighted by molar-refractivity contribution is 8.24. The fourth-order valence-electron chi connectivity index (χ4n) is 2.13. The van der Waals surface area contributed by atoms with E-state index in [0.29, 0.717) is 15.7 Å².